The molecule has 0 aliphatic heterocycles. The minimum absolute atomic E-state index is 0.0714. The predicted octanol–water partition coefficient (Wildman–Crippen LogP) is 4.80. The largest absolute Gasteiger partial charge is 0.352 e. The molecule has 2 aromatic rings. The van der Waals surface area contributed by atoms with E-state index < -0.39 is 28.5 Å². The van der Waals surface area contributed by atoms with Gasteiger partial charge in [-0.25, -0.2) is 8.42 Å². The Hall–Kier alpha value is -2.29. The van der Waals surface area contributed by atoms with Gasteiger partial charge in [-0.3, -0.25) is 13.9 Å². The minimum atomic E-state index is -3.78. The van der Waals surface area contributed by atoms with Gasteiger partial charge in [0, 0.05) is 12.6 Å². The minimum Gasteiger partial charge on any atom is -0.352 e. The molecule has 196 valence electrons. The normalized spacial score (nSPS) is 14.9. The number of para-hydroxylation sites is 1. The lowest BCUT2D eigenvalue weighted by atomic mass is 10.1. The lowest BCUT2D eigenvalue weighted by Crippen LogP contribution is -2.52. The SMILES string of the molecule is CCc1ccccc1N(CC(=O)N(Cc1ccc(Cl)c(Cl)c1)C(C)C(=O)NC1CCCC1)S(C)(=O)=O. The number of hydrogen-bond donors (Lipinski definition) is 1. The molecule has 1 N–H and O–H groups in total. The van der Waals surface area contributed by atoms with Crippen LogP contribution in [-0.4, -0.2) is 50.0 Å². The molecule has 0 radical (unpaired) electrons. The standard InChI is InChI=1S/C26H33Cl2N3O4S/c1-4-20-9-5-8-12-24(20)31(36(3,34)35)17-25(32)30(16-19-13-14-22(27)23(28)15-19)18(2)26(33)29-21-10-6-7-11-21/h5,8-9,12-15,18,21H,4,6-7,10-11,16-17H2,1-3H3,(H,29,33). The third-order valence-electron chi connectivity index (χ3n) is 6.53. The topological polar surface area (TPSA) is 86.8 Å². The van der Waals surface area contributed by atoms with Gasteiger partial charge in [0.25, 0.3) is 0 Å². The van der Waals surface area contributed by atoms with Crippen LogP contribution in [0.4, 0.5) is 5.69 Å². The van der Waals surface area contributed by atoms with Crippen LogP contribution < -0.4 is 9.62 Å². The van der Waals surface area contributed by atoms with Crippen molar-refractivity contribution in [2.24, 2.45) is 0 Å². The molecular weight excluding hydrogens is 521 g/mol. The van der Waals surface area contributed by atoms with Gasteiger partial charge in [0.2, 0.25) is 21.8 Å². The van der Waals surface area contributed by atoms with Gasteiger partial charge in [-0.15, -0.1) is 0 Å². The summed E-state index contributed by atoms with van der Waals surface area (Å²) < 4.78 is 26.7. The Labute approximate surface area is 223 Å². The van der Waals surface area contributed by atoms with E-state index in [4.69, 9.17) is 23.2 Å². The summed E-state index contributed by atoms with van der Waals surface area (Å²) in [5, 5.41) is 3.75. The molecule has 2 amide bonds. The summed E-state index contributed by atoms with van der Waals surface area (Å²) in [6.45, 7) is 3.22. The van der Waals surface area contributed by atoms with Crippen LogP contribution in [0.1, 0.15) is 50.7 Å². The zero-order valence-electron chi connectivity index (χ0n) is 20.8. The Bertz CT molecular complexity index is 1200. The second-order valence-corrected chi connectivity index (χ2v) is 11.9. The number of halogens is 2. The first kappa shape index (κ1) is 28.3. The molecular formula is C26H33Cl2N3O4S. The quantitative estimate of drug-likeness (QED) is 0.457. The van der Waals surface area contributed by atoms with E-state index in [9.17, 15) is 18.0 Å². The Morgan fingerprint density at radius 3 is 2.36 bits per heavy atom. The van der Waals surface area contributed by atoms with Crippen LogP contribution in [0.15, 0.2) is 42.5 Å². The molecule has 0 saturated heterocycles. The number of benzene rings is 2. The highest BCUT2D eigenvalue weighted by Crippen LogP contribution is 2.26. The smallest absolute Gasteiger partial charge is 0.244 e. The number of amides is 2. The molecule has 3 rings (SSSR count). The molecule has 2 aromatic carbocycles. The monoisotopic (exact) mass is 553 g/mol. The number of aryl methyl sites for hydroxylation is 1. The molecule has 1 fully saturated rings. The number of carbonyl (C=O) groups excluding carboxylic acids is 2. The molecule has 1 atom stereocenters. The van der Waals surface area contributed by atoms with Crippen LogP contribution in [0, 0.1) is 0 Å². The van der Waals surface area contributed by atoms with Crippen LogP contribution in [0.25, 0.3) is 0 Å². The highest BCUT2D eigenvalue weighted by molar-refractivity contribution is 7.92. The van der Waals surface area contributed by atoms with Crippen molar-refractivity contribution in [2.45, 2.75) is 64.6 Å². The molecule has 0 spiro atoms. The molecule has 1 aliphatic carbocycles. The summed E-state index contributed by atoms with van der Waals surface area (Å²) in [7, 11) is -3.78. The van der Waals surface area contributed by atoms with Gasteiger partial charge in [-0.05, 0) is 55.5 Å². The summed E-state index contributed by atoms with van der Waals surface area (Å²) in [6.07, 6.45) is 5.62. The van der Waals surface area contributed by atoms with E-state index in [-0.39, 0.29) is 18.5 Å². The van der Waals surface area contributed by atoms with E-state index in [2.05, 4.69) is 5.32 Å². The number of carbonyl (C=O) groups is 2. The number of anilines is 1. The first-order chi connectivity index (χ1) is 17.0. The van der Waals surface area contributed by atoms with E-state index >= 15 is 0 Å². The second-order valence-electron chi connectivity index (χ2n) is 9.19. The highest BCUT2D eigenvalue weighted by Gasteiger charge is 2.32. The lowest BCUT2D eigenvalue weighted by Gasteiger charge is -2.32. The van der Waals surface area contributed by atoms with Gasteiger partial charge in [-0.1, -0.05) is 67.2 Å². The van der Waals surface area contributed by atoms with Gasteiger partial charge in [-0.2, -0.15) is 0 Å². The van der Waals surface area contributed by atoms with Gasteiger partial charge in [0.15, 0.2) is 0 Å². The van der Waals surface area contributed by atoms with E-state index in [0.717, 1.165) is 41.8 Å². The molecule has 7 nitrogen and oxygen atoms in total. The molecule has 1 aliphatic rings. The fourth-order valence-electron chi connectivity index (χ4n) is 4.46. The Balaban J connectivity index is 1.92. The van der Waals surface area contributed by atoms with E-state index in [1.54, 1.807) is 37.3 Å². The molecule has 1 unspecified atom stereocenters. The van der Waals surface area contributed by atoms with Crippen LogP contribution in [0.3, 0.4) is 0 Å². The molecule has 10 heteroatoms. The van der Waals surface area contributed by atoms with Crippen molar-refractivity contribution in [1.82, 2.24) is 10.2 Å². The summed E-state index contributed by atoms with van der Waals surface area (Å²) in [4.78, 5) is 28.2. The number of rotatable bonds is 10. The zero-order chi connectivity index (χ0) is 26.5. The van der Waals surface area contributed by atoms with Crippen molar-refractivity contribution in [2.75, 3.05) is 17.1 Å². The number of sulfonamides is 1. The fraction of sp³-hybridized carbons (Fsp3) is 0.462. The predicted molar refractivity (Wildman–Crippen MR) is 145 cm³/mol. The number of hydrogen-bond acceptors (Lipinski definition) is 4. The first-order valence-electron chi connectivity index (χ1n) is 12.1. The van der Waals surface area contributed by atoms with Crippen LogP contribution in [0.2, 0.25) is 10.0 Å². The third-order valence-corrected chi connectivity index (χ3v) is 8.39. The second kappa shape index (κ2) is 12.3. The van der Waals surface area contributed by atoms with Crippen molar-refractivity contribution in [3.63, 3.8) is 0 Å². The van der Waals surface area contributed by atoms with Crippen LogP contribution >= 0.6 is 23.2 Å². The fourth-order valence-corrected chi connectivity index (χ4v) is 5.66. The van der Waals surface area contributed by atoms with Crippen LogP contribution in [-0.2, 0) is 32.6 Å². The van der Waals surface area contributed by atoms with Crippen LogP contribution in [0.5, 0.6) is 0 Å². The van der Waals surface area contributed by atoms with E-state index in [1.807, 2.05) is 19.1 Å². The van der Waals surface area contributed by atoms with E-state index in [1.165, 1.54) is 4.90 Å². The Kier molecular flexibility index (Phi) is 9.66. The van der Waals surface area contributed by atoms with E-state index in [0.29, 0.717) is 27.7 Å². The molecule has 1 saturated carbocycles. The van der Waals surface area contributed by atoms with Gasteiger partial charge >= 0.3 is 0 Å². The van der Waals surface area contributed by atoms with Crippen molar-refractivity contribution < 1.29 is 18.0 Å². The summed E-state index contributed by atoms with van der Waals surface area (Å²) in [6, 6.07) is 11.4. The molecule has 0 heterocycles. The Morgan fingerprint density at radius 1 is 1.08 bits per heavy atom. The summed E-state index contributed by atoms with van der Waals surface area (Å²) in [5.74, 6) is -0.762. The average molecular weight is 555 g/mol. The van der Waals surface area contributed by atoms with Crippen molar-refractivity contribution >= 4 is 50.7 Å². The molecule has 0 aromatic heterocycles. The van der Waals surface area contributed by atoms with Crippen molar-refractivity contribution in [3.05, 3.63) is 63.6 Å². The molecule has 0 bridgehead atoms. The summed E-state index contributed by atoms with van der Waals surface area (Å²) >= 11 is 12.2. The highest BCUT2D eigenvalue weighted by atomic mass is 35.5. The third kappa shape index (κ3) is 7.14. The lowest BCUT2D eigenvalue weighted by molar-refractivity contribution is -0.139. The van der Waals surface area contributed by atoms with Gasteiger partial charge in [0.05, 0.1) is 22.0 Å². The average Bonchev–Trinajstić information content (AvgIpc) is 3.35. The number of nitrogens with zero attached hydrogens (tertiary/aromatic N) is 2. The maximum absolute atomic E-state index is 13.7. The zero-order valence-corrected chi connectivity index (χ0v) is 23.2. The maximum Gasteiger partial charge on any atom is 0.244 e. The van der Waals surface area contributed by atoms with Crippen molar-refractivity contribution in [1.29, 1.82) is 0 Å². The van der Waals surface area contributed by atoms with Crippen molar-refractivity contribution in [3.8, 4) is 0 Å². The first-order valence-corrected chi connectivity index (χ1v) is 14.7. The van der Waals surface area contributed by atoms with Gasteiger partial charge < -0.3 is 10.2 Å². The molecule has 36 heavy (non-hydrogen) atoms. The number of nitrogens with one attached hydrogen (secondary N) is 1. The summed E-state index contributed by atoms with van der Waals surface area (Å²) in [5.41, 5.74) is 1.94. The van der Waals surface area contributed by atoms with Gasteiger partial charge in [0.1, 0.15) is 12.6 Å². The maximum atomic E-state index is 13.7. The Morgan fingerprint density at radius 2 is 1.75 bits per heavy atom.